The second-order valence-corrected chi connectivity index (χ2v) is 3.69. The Morgan fingerprint density at radius 3 is 2.59 bits per heavy atom. The van der Waals surface area contributed by atoms with Gasteiger partial charge in [0.15, 0.2) is 6.61 Å². The van der Waals surface area contributed by atoms with Gasteiger partial charge in [-0.1, -0.05) is 25.1 Å². The molecule has 1 rings (SSSR count). The Morgan fingerprint density at radius 2 is 1.94 bits per heavy atom. The van der Waals surface area contributed by atoms with Crippen LogP contribution in [0.5, 0.6) is 5.75 Å². The molecule has 0 aromatic heterocycles. The third-order valence-corrected chi connectivity index (χ3v) is 2.11. The number of hydrogen-bond acceptors (Lipinski definition) is 2. The summed E-state index contributed by atoms with van der Waals surface area (Å²) in [4.78, 5) is 0. The van der Waals surface area contributed by atoms with E-state index in [1.54, 1.807) is 24.3 Å². The Labute approximate surface area is 98.8 Å². The van der Waals surface area contributed by atoms with Gasteiger partial charge in [0.25, 0.3) is 0 Å². The molecule has 17 heavy (non-hydrogen) atoms. The standard InChI is InChI=1S/C12H16F3NO/c1-2-7-16-8-10-5-3-4-6-11(10)17-9-12(13,14)15/h3-6,16H,2,7-9H2,1H3. The Hall–Kier alpha value is -1.23. The molecule has 0 saturated heterocycles. The van der Waals surface area contributed by atoms with E-state index < -0.39 is 12.8 Å². The van der Waals surface area contributed by atoms with E-state index in [-0.39, 0.29) is 5.75 Å². The van der Waals surface area contributed by atoms with Crippen LogP contribution in [0.2, 0.25) is 0 Å². The highest BCUT2D eigenvalue weighted by Crippen LogP contribution is 2.21. The number of para-hydroxylation sites is 1. The van der Waals surface area contributed by atoms with Crippen molar-refractivity contribution in [1.29, 1.82) is 0 Å². The molecule has 2 nitrogen and oxygen atoms in total. The topological polar surface area (TPSA) is 21.3 Å². The highest BCUT2D eigenvalue weighted by molar-refractivity contribution is 5.33. The Balaban J connectivity index is 2.58. The van der Waals surface area contributed by atoms with E-state index >= 15 is 0 Å². The fourth-order valence-corrected chi connectivity index (χ4v) is 1.35. The molecule has 0 bridgehead atoms. The summed E-state index contributed by atoms with van der Waals surface area (Å²) in [6.45, 7) is 2.12. The van der Waals surface area contributed by atoms with E-state index in [4.69, 9.17) is 4.74 Å². The molecule has 0 saturated carbocycles. The van der Waals surface area contributed by atoms with Gasteiger partial charge in [0.1, 0.15) is 5.75 Å². The SMILES string of the molecule is CCCNCc1ccccc1OCC(F)(F)F. The van der Waals surface area contributed by atoms with Crippen LogP contribution in [0, 0.1) is 0 Å². The molecule has 0 aliphatic heterocycles. The zero-order valence-electron chi connectivity index (χ0n) is 9.68. The van der Waals surface area contributed by atoms with Gasteiger partial charge in [-0.05, 0) is 19.0 Å². The fourth-order valence-electron chi connectivity index (χ4n) is 1.35. The molecule has 1 aromatic carbocycles. The van der Waals surface area contributed by atoms with Crippen molar-refractivity contribution in [1.82, 2.24) is 5.32 Å². The first-order valence-electron chi connectivity index (χ1n) is 5.51. The largest absolute Gasteiger partial charge is 0.484 e. The highest BCUT2D eigenvalue weighted by Gasteiger charge is 2.28. The zero-order chi connectivity index (χ0) is 12.7. The Bertz CT molecular complexity index is 339. The summed E-state index contributed by atoms with van der Waals surface area (Å²) in [6.07, 6.45) is -3.32. The molecule has 0 radical (unpaired) electrons. The van der Waals surface area contributed by atoms with Gasteiger partial charge < -0.3 is 10.1 Å². The third-order valence-electron chi connectivity index (χ3n) is 2.11. The number of hydrogen-bond donors (Lipinski definition) is 1. The van der Waals surface area contributed by atoms with Gasteiger partial charge in [-0.15, -0.1) is 0 Å². The summed E-state index contributed by atoms with van der Waals surface area (Å²) < 4.78 is 40.9. The van der Waals surface area contributed by atoms with Gasteiger partial charge in [-0.2, -0.15) is 13.2 Å². The van der Waals surface area contributed by atoms with Crippen molar-refractivity contribution in [2.45, 2.75) is 26.1 Å². The lowest BCUT2D eigenvalue weighted by Crippen LogP contribution is -2.20. The van der Waals surface area contributed by atoms with Crippen molar-refractivity contribution < 1.29 is 17.9 Å². The van der Waals surface area contributed by atoms with Crippen molar-refractivity contribution in [2.75, 3.05) is 13.2 Å². The van der Waals surface area contributed by atoms with Gasteiger partial charge in [0, 0.05) is 12.1 Å². The molecule has 96 valence electrons. The van der Waals surface area contributed by atoms with Crippen molar-refractivity contribution in [3.05, 3.63) is 29.8 Å². The summed E-state index contributed by atoms with van der Waals surface area (Å²) in [5.74, 6) is 0.286. The highest BCUT2D eigenvalue weighted by atomic mass is 19.4. The quantitative estimate of drug-likeness (QED) is 0.780. The lowest BCUT2D eigenvalue weighted by molar-refractivity contribution is -0.153. The second-order valence-electron chi connectivity index (χ2n) is 3.69. The second kappa shape index (κ2) is 6.49. The normalized spacial score (nSPS) is 11.5. The van der Waals surface area contributed by atoms with Crippen molar-refractivity contribution >= 4 is 0 Å². The smallest absolute Gasteiger partial charge is 0.422 e. The molecule has 1 N–H and O–H groups in total. The summed E-state index contributed by atoms with van der Waals surface area (Å²) in [5, 5.41) is 3.13. The predicted octanol–water partition coefficient (Wildman–Crippen LogP) is 3.13. The van der Waals surface area contributed by atoms with Crippen molar-refractivity contribution in [2.24, 2.45) is 0 Å². The molecule has 0 amide bonds. The molecular formula is C12H16F3NO. The summed E-state index contributed by atoms with van der Waals surface area (Å²) in [7, 11) is 0. The molecule has 0 aliphatic rings. The van der Waals surface area contributed by atoms with Crippen LogP contribution in [0.1, 0.15) is 18.9 Å². The molecule has 0 aliphatic carbocycles. The minimum atomic E-state index is -4.30. The number of alkyl halides is 3. The van der Waals surface area contributed by atoms with Crippen LogP contribution in [0.15, 0.2) is 24.3 Å². The first-order valence-corrected chi connectivity index (χ1v) is 5.51. The van der Waals surface area contributed by atoms with E-state index in [1.165, 1.54) is 0 Å². The molecule has 0 heterocycles. The third kappa shape index (κ3) is 5.58. The average molecular weight is 247 g/mol. The lowest BCUT2D eigenvalue weighted by atomic mass is 10.2. The molecule has 0 atom stereocenters. The van der Waals surface area contributed by atoms with Crippen LogP contribution in [0.3, 0.4) is 0 Å². The first kappa shape index (κ1) is 13.8. The van der Waals surface area contributed by atoms with Crippen LogP contribution in [-0.4, -0.2) is 19.3 Å². The number of benzene rings is 1. The Kier molecular flexibility index (Phi) is 5.28. The molecule has 0 spiro atoms. The first-order chi connectivity index (χ1) is 8.03. The van der Waals surface area contributed by atoms with Gasteiger partial charge >= 0.3 is 6.18 Å². The van der Waals surface area contributed by atoms with Crippen molar-refractivity contribution in [3.8, 4) is 5.75 Å². The molecule has 0 unspecified atom stereocenters. The van der Waals surface area contributed by atoms with Crippen LogP contribution in [0.25, 0.3) is 0 Å². The monoisotopic (exact) mass is 247 g/mol. The van der Waals surface area contributed by atoms with E-state index in [1.807, 2.05) is 6.92 Å². The van der Waals surface area contributed by atoms with E-state index in [9.17, 15) is 13.2 Å². The molecule has 0 fully saturated rings. The van der Waals surface area contributed by atoms with Crippen LogP contribution in [-0.2, 0) is 6.54 Å². The number of rotatable bonds is 6. The predicted molar refractivity (Wildman–Crippen MR) is 60.0 cm³/mol. The zero-order valence-corrected chi connectivity index (χ0v) is 9.68. The number of ether oxygens (including phenoxy) is 1. The minimum Gasteiger partial charge on any atom is -0.484 e. The van der Waals surface area contributed by atoms with Gasteiger partial charge in [0.05, 0.1) is 0 Å². The summed E-state index contributed by atoms with van der Waals surface area (Å²) >= 11 is 0. The van der Waals surface area contributed by atoms with E-state index in [0.717, 1.165) is 18.5 Å². The van der Waals surface area contributed by atoms with Gasteiger partial charge in [-0.3, -0.25) is 0 Å². The number of halogens is 3. The van der Waals surface area contributed by atoms with E-state index in [0.29, 0.717) is 6.54 Å². The maximum absolute atomic E-state index is 12.0. The van der Waals surface area contributed by atoms with Crippen molar-refractivity contribution in [3.63, 3.8) is 0 Å². The summed E-state index contributed by atoms with van der Waals surface area (Å²) in [6, 6.07) is 6.75. The fraction of sp³-hybridized carbons (Fsp3) is 0.500. The van der Waals surface area contributed by atoms with Crippen LogP contribution in [0.4, 0.5) is 13.2 Å². The van der Waals surface area contributed by atoms with Crippen LogP contribution < -0.4 is 10.1 Å². The Morgan fingerprint density at radius 1 is 1.24 bits per heavy atom. The van der Waals surface area contributed by atoms with Crippen LogP contribution >= 0.6 is 0 Å². The molecular weight excluding hydrogens is 231 g/mol. The van der Waals surface area contributed by atoms with Gasteiger partial charge in [-0.25, -0.2) is 0 Å². The minimum absolute atomic E-state index is 0.286. The number of nitrogens with one attached hydrogen (secondary N) is 1. The maximum atomic E-state index is 12.0. The van der Waals surface area contributed by atoms with E-state index in [2.05, 4.69) is 5.32 Å². The van der Waals surface area contributed by atoms with Gasteiger partial charge in [0.2, 0.25) is 0 Å². The average Bonchev–Trinajstić information content (AvgIpc) is 2.27. The molecule has 1 aromatic rings. The summed E-state index contributed by atoms with van der Waals surface area (Å²) in [5.41, 5.74) is 0.741. The lowest BCUT2D eigenvalue weighted by Gasteiger charge is -2.13. The maximum Gasteiger partial charge on any atom is 0.422 e. The molecule has 5 heteroatoms.